The van der Waals surface area contributed by atoms with Crippen molar-refractivity contribution < 1.29 is 9.18 Å². The highest BCUT2D eigenvalue weighted by atomic mass is 32.2. The lowest BCUT2D eigenvalue weighted by Crippen LogP contribution is -2.15. The summed E-state index contributed by atoms with van der Waals surface area (Å²) in [5, 5.41) is 11.6. The molecule has 0 bridgehead atoms. The zero-order valence-electron chi connectivity index (χ0n) is 11.0. The lowest BCUT2D eigenvalue weighted by molar-refractivity contribution is -0.113. The molecule has 2 aromatic carbocycles. The highest BCUT2D eigenvalue weighted by Gasteiger charge is 2.09. The van der Waals surface area contributed by atoms with Crippen LogP contribution in [-0.2, 0) is 4.79 Å². The van der Waals surface area contributed by atoms with Crippen LogP contribution in [0.2, 0.25) is 0 Å². The van der Waals surface area contributed by atoms with Crippen LogP contribution in [0.15, 0.2) is 47.4 Å². The van der Waals surface area contributed by atoms with Crippen LogP contribution in [0.25, 0.3) is 0 Å². The van der Waals surface area contributed by atoms with E-state index in [1.165, 1.54) is 18.2 Å². The van der Waals surface area contributed by atoms with Gasteiger partial charge in [-0.15, -0.1) is 11.8 Å². The highest BCUT2D eigenvalue weighted by molar-refractivity contribution is 8.00. The number of halogens is 1. The van der Waals surface area contributed by atoms with Crippen molar-refractivity contribution in [3.8, 4) is 6.07 Å². The summed E-state index contributed by atoms with van der Waals surface area (Å²) in [7, 11) is 0. The third-order valence-corrected chi connectivity index (χ3v) is 3.73. The van der Waals surface area contributed by atoms with E-state index in [0.717, 1.165) is 11.8 Å². The molecule has 0 unspecified atom stereocenters. The van der Waals surface area contributed by atoms with E-state index in [0.29, 0.717) is 21.8 Å². The average molecular weight is 301 g/mol. The maximum atomic E-state index is 13.1. The van der Waals surface area contributed by atoms with Crippen molar-refractivity contribution in [2.75, 3.05) is 16.8 Å². The summed E-state index contributed by atoms with van der Waals surface area (Å²) in [6.07, 6.45) is 0. The molecule has 0 heterocycles. The zero-order valence-corrected chi connectivity index (χ0v) is 11.8. The molecule has 1 amide bonds. The van der Waals surface area contributed by atoms with Gasteiger partial charge in [-0.05, 0) is 30.3 Å². The third kappa shape index (κ3) is 3.97. The number of hydrogen-bond acceptors (Lipinski definition) is 4. The predicted octanol–water partition coefficient (Wildman–Crippen LogP) is 3.01. The molecule has 21 heavy (non-hydrogen) atoms. The molecular weight excluding hydrogens is 289 g/mol. The van der Waals surface area contributed by atoms with E-state index in [4.69, 9.17) is 11.0 Å². The smallest absolute Gasteiger partial charge is 0.234 e. The number of carbonyl (C=O) groups excluding carboxylic acids is 1. The summed E-state index contributed by atoms with van der Waals surface area (Å²) in [4.78, 5) is 12.4. The standard InChI is InChI=1S/C15H12FN3OS/c16-11-5-6-12(18)14(7-11)21-9-15(20)19-13-4-2-1-3-10(13)8-17/h1-7H,9,18H2,(H,19,20). The van der Waals surface area contributed by atoms with Gasteiger partial charge in [0.25, 0.3) is 0 Å². The van der Waals surface area contributed by atoms with Gasteiger partial charge in [-0.2, -0.15) is 5.26 Å². The van der Waals surface area contributed by atoms with E-state index in [-0.39, 0.29) is 11.7 Å². The minimum Gasteiger partial charge on any atom is -0.398 e. The number of nitrogens with zero attached hydrogens (tertiary/aromatic N) is 1. The first-order valence-electron chi connectivity index (χ1n) is 6.07. The van der Waals surface area contributed by atoms with E-state index in [1.807, 2.05) is 6.07 Å². The average Bonchev–Trinajstić information content (AvgIpc) is 2.49. The van der Waals surface area contributed by atoms with Gasteiger partial charge in [0.15, 0.2) is 0 Å². The van der Waals surface area contributed by atoms with Gasteiger partial charge in [-0.3, -0.25) is 4.79 Å². The zero-order chi connectivity index (χ0) is 15.2. The van der Waals surface area contributed by atoms with Crippen molar-refractivity contribution in [1.82, 2.24) is 0 Å². The second-order valence-electron chi connectivity index (χ2n) is 4.18. The van der Waals surface area contributed by atoms with Crippen LogP contribution in [0.1, 0.15) is 5.56 Å². The molecule has 0 aliphatic heterocycles. The van der Waals surface area contributed by atoms with Gasteiger partial charge in [0.2, 0.25) is 5.91 Å². The topological polar surface area (TPSA) is 78.9 Å². The van der Waals surface area contributed by atoms with Gasteiger partial charge in [0.1, 0.15) is 11.9 Å². The fraction of sp³-hybridized carbons (Fsp3) is 0.0667. The van der Waals surface area contributed by atoms with Gasteiger partial charge in [-0.25, -0.2) is 4.39 Å². The van der Waals surface area contributed by atoms with Crippen molar-refractivity contribution in [3.05, 3.63) is 53.8 Å². The van der Waals surface area contributed by atoms with Crippen molar-refractivity contribution in [3.63, 3.8) is 0 Å². The van der Waals surface area contributed by atoms with E-state index < -0.39 is 5.82 Å². The van der Waals surface area contributed by atoms with Crippen LogP contribution in [0.3, 0.4) is 0 Å². The number of rotatable bonds is 4. The molecule has 0 atom stereocenters. The Kier molecular flexibility index (Phi) is 4.80. The van der Waals surface area contributed by atoms with Crippen molar-refractivity contribution in [2.24, 2.45) is 0 Å². The number of para-hydroxylation sites is 1. The second kappa shape index (κ2) is 6.77. The van der Waals surface area contributed by atoms with Crippen LogP contribution in [0, 0.1) is 17.1 Å². The highest BCUT2D eigenvalue weighted by Crippen LogP contribution is 2.26. The van der Waals surface area contributed by atoms with Gasteiger partial charge in [-0.1, -0.05) is 12.1 Å². The molecule has 2 aromatic rings. The minimum absolute atomic E-state index is 0.0768. The molecule has 0 saturated carbocycles. The number of nitrogens with two attached hydrogens (primary N) is 1. The summed E-state index contributed by atoms with van der Waals surface area (Å²) in [6, 6.07) is 12.7. The Labute approximate surface area is 125 Å². The van der Waals surface area contributed by atoms with E-state index in [9.17, 15) is 9.18 Å². The molecule has 0 aromatic heterocycles. The maximum absolute atomic E-state index is 13.1. The summed E-state index contributed by atoms with van der Waals surface area (Å²) in [5.41, 5.74) is 6.98. The molecule has 0 saturated heterocycles. The summed E-state index contributed by atoms with van der Waals surface area (Å²) >= 11 is 1.14. The Balaban J connectivity index is 2.00. The van der Waals surface area contributed by atoms with Gasteiger partial charge >= 0.3 is 0 Å². The Morgan fingerprint density at radius 2 is 2.10 bits per heavy atom. The molecule has 6 heteroatoms. The number of nitrogen functional groups attached to an aromatic ring is 1. The number of hydrogen-bond donors (Lipinski definition) is 2. The molecule has 2 rings (SSSR count). The minimum atomic E-state index is -0.401. The Morgan fingerprint density at radius 3 is 2.86 bits per heavy atom. The normalized spacial score (nSPS) is 9.90. The largest absolute Gasteiger partial charge is 0.398 e. The number of benzene rings is 2. The lowest BCUT2D eigenvalue weighted by atomic mass is 10.2. The quantitative estimate of drug-likeness (QED) is 0.672. The van der Waals surface area contributed by atoms with Crippen LogP contribution >= 0.6 is 11.8 Å². The third-order valence-electron chi connectivity index (χ3n) is 2.66. The SMILES string of the molecule is N#Cc1ccccc1NC(=O)CSc1cc(F)ccc1N. The van der Waals surface area contributed by atoms with Crippen molar-refractivity contribution >= 4 is 29.0 Å². The maximum Gasteiger partial charge on any atom is 0.234 e. The summed E-state index contributed by atoms with van der Waals surface area (Å²) in [6.45, 7) is 0. The molecule has 0 aliphatic rings. The number of amides is 1. The van der Waals surface area contributed by atoms with Gasteiger partial charge in [0, 0.05) is 10.6 Å². The first kappa shape index (κ1) is 14.9. The van der Waals surface area contributed by atoms with E-state index in [1.54, 1.807) is 24.3 Å². The first-order valence-corrected chi connectivity index (χ1v) is 7.05. The molecule has 0 aliphatic carbocycles. The Hall–Kier alpha value is -2.52. The van der Waals surface area contributed by atoms with E-state index >= 15 is 0 Å². The molecule has 0 fully saturated rings. The van der Waals surface area contributed by atoms with Gasteiger partial charge in [0.05, 0.1) is 17.0 Å². The fourth-order valence-corrected chi connectivity index (χ4v) is 2.44. The molecule has 4 nitrogen and oxygen atoms in total. The number of nitriles is 1. The Bertz CT molecular complexity index is 712. The molecule has 0 radical (unpaired) electrons. The monoisotopic (exact) mass is 301 g/mol. The molecule has 0 spiro atoms. The predicted molar refractivity (Wildman–Crippen MR) is 81.3 cm³/mol. The van der Waals surface area contributed by atoms with Crippen molar-refractivity contribution in [2.45, 2.75) is 4.90 Å². The number of anilines is 2. The fourth-order valence-electron chi connectivity index (χ4n) is 1.65. The number of carbonyl (C=O) groups is 1. The van der Waals surface area contributed by atoms with Crippen LogP contribution in [-0.4, -0.2) is 11.7 Å². The lowest BCUT2D eigenvalue weighted by Gasteiger charge is -2.08. The van der Waals surface area contributed by atoms with Crippen LogP contribution in [0.5, 0.6) is 0 Å². The van der Waals surface area contributed by atoms with Crippen LogP contribution < -0.4 is 11.1 Å². The van der Waals surface area contributed by atoms with Crippen LogP contribution in [0.4, 0.5) is 15.8 Å². The summed E-state index contributed by atoms with van der Waals surface area (Å²) < 4.78 is 13.1. The molecule has 106 valence electrons. The number of nitrogens with one attached hydrogen (secondary N) is 1. The number of thioether (sulfide) groups is 1. The molecule has 3 N–H and O–H groups in total. The van der Waals surface area contributed by atoms with Crippen molar-refractivity contribution in [1.29, 1.82) is 5.26 Å². The van der Waals surface area contributed by atoms with E-state index in [2.05, 4.69) is 5.32 Å². The summed E-state index contributed by atoms with van der Waals surface area (Å²) in [5.74, 6) is -0.610. The van der Waals surface area contributed by atoms with Gasteiger partial charge < -0.3 is 11.1 Å². The second-order valence-corrected chi connectivity index (χ2v) is 5.19. The molecular formula is C15H12FN3OS. The first-order chi connectivity index (χ1) is 10.1. The Morgan fingerprint density at radius 1 is 1.33 bits per heavy atom.